The number of hydrogen-bond acceptors (Lipinski definition) is 4. The number of fused-ring (bicyclic) bond motifs is 1. The Labute approximate surface area is 154 Å². The quantitative estimate of drug-likeness (QED) is 0.674. The summed E-state index contributed by atoms with van der Waals surface area (Å²) in [4.78, 5) is 17.8. The molecule has 0 aliphatic carbocycles. The summed E-state index contributed by atoms with van der Waals surface area (Å²) in [5.74, 6) is 1.59. The summed E-state index contributed by atoms with van der Waals surface area (Å²) in [6.07, 6.45) is 2.10. The van der Waals surface area contributed by atoms with Gasteiger partial charge in [0, 0.05) is 11.1 Å². The summed E-state index contributed by atoms with van der Waals surface area (Å²) in [5, 5.41) is 0. The van der Waals surface area contributed by atoms with Gasteiger partial charge in [0.15, 0.2) is 5.78 Å². The summed E-state index contributed by atoms with van der Waals surface area (Å²) in [6, 6.07) is 13.3. The van der Waals surface area contributed by atoms with Crippen molar-refractivity contribution in [2.45, 2.75) is 38.6 Å². The molecule has 0 atom stereocenters. The Hall–Kier alpha value is -2.62. The van der Waals surface area contributed by atoms with E-state index in [9.17, 15) is 4.79 Å². The normalized spacial score (nSPS) is 14.5. The van der Waals surface area contributed by atoms with Crippen LogP contribution >= 0.6 is 0 Å². The van der Waals surface area contributed by atoms with E-state index in [4.69, 9.17) is 14.5 Å². The molecule has 0 radical (unpaired) electrons. The molecule has 4 heteroatoms. The lowest BCUT2D eigenvalue weighted by Gasteiger charge is -2.24. The van der Waals surface area contributed by atoms with Crippen molar-refractivity contribution in [2.75, 3.05) is 14.2 Å². The molecule has 26 heavy (non-hydrogen) atoms. The van der Waals surface area contributed by atoms with Crippen LogP contribution in [0.1, 0.15) is 54.6 Å². The van der Waals surface area contributed by atoms with E-state index in [0.29, 0.717) is 5.56 Å². The molecule has 2 aromatic rings. The first-order valence-corrected chi connectivity index (χ1v) is 9.01. The van der Waals surface area contributed by atoms with Gasteiger partial charge >= 0.3 is 0 Å². The highest BCUT2D eigenvalue weighted by Gasteiger charge is 2.37. The minimum Gasteiger partial charge on any atom is -0.497 e. The SMILES string of the molecule is CCC1(CC)N=C(CC(=O)c2ccc(OC)cc2)c2cc(OC)ccc21. The first-order chi connectivity index (χ1) is 12.6. The maximum Gasteiger partial charge on any atom is 0.168 e. The third kappa shape index (κ3) is 3.12. The van der Waals surface area contributed by atoms with E-state index in [0.717, 1.165) is 35.6 Å². The molecular weight excluding hydrogens is 326 g/mol. The standard InChI is InChI=1S/C22H25NO3/c1-5-22(6-2)19-12-11-17(26-4)13-18(19)20(23-22)14-21(24)15-7-9-16(25-3)10-8-15/h7-13H,5-6,14H2,1-4H3. The van der Waals surface area contributed by atoms with Crippen molar-refractivity contribution in [3.8, 4) is 11.5 Å². The Morgan fingerprint density at radius 2 is 1.58 bits per heavy atom. The van der Waals surface area contributed by atoms with Crippen LogP contribution in [0.25, 0.3) is 0 Å². The zero-order chi connectivity index (χ0) is 18.7. The molecule has 0 amide bonds. The fourth-order valence-electron chi connectivity index (χ4n) is 3.63. The Morgan fingerprint density at radius 1 is 0.962 bits per heavy atom. The molecular formula is C22H25NO3. The molecule has 1 aliphatic heterocycles. The van der Waals surface area contributed by atoms with Gasteiger partial charge in [0.2, 0.25) is 0 Å². The molecule has 4 nitrogen and oxygen atoms in total. The zero-order valence-electron chi connectivity index (χ0n) is 15.8. The van der Waals surface area contributed by atoms with Gasteiger partial charge < -0.3 is 9.47 Å². The minimum absolute atomic E-state index is 0.0585. The molecule has 0 N–H and O–H groups in total. The molecule has 1 aliphatic rings. The topological polar surface area (TPSA) is 47.9 Å². The molecule has 1 heterocycles. The first-order valence-electron chi connectivity index (χ1n) is 9.01. The highest BCUT2D eigenvalue weighted by molar-refractivity contribution is 6.17. The molecule has 3 rings (SSSR count). The van der Waals surface area contributed by atoms with Gasteiger partial charge in [-0.3, -0.25) is 9.79 Å². The number of rotatable bonds is 7. The van der Waals surface area contributed by atoms with E-state index in [1.54, 1.807) is 26.4 Å². The van der Waals surface area contributed by atoms with Crippen LogP contribution in [0.5, 0.6) is 11.5 Å². The van der Waals surface area contributed by atoms with Crippen LogP contribution in [-0.2, 0) is 5.54 Å². The van der Waals surface area contributed by atoms with Gasteiger partial charge in [-0.15, -0.1) is 0 Å². The average Bonchev–Trinajstić information content (AvgIpc) is 3.01. The van der Waals surface area contributed by atoms with E-state index in [-0.39, 0.29) is 17.7 Å². The maximum atomic E-state index is 12.8. The highest BCUT2D eigenvalue weighted by Crippen LogP contribution is 2.42. The van der Waals surface area contributed by atoms with Crippen LogP contribution in [0.2, 0.25) is 0 Å². The van der Waals surface area contributed by atoms with Crippen LogP contribution in [0, 0.1) is 0 Å². The van der Waals surface area contributed by atoms with Gasteiger partial charge in [0.05, 0.1) is 31.9 Å². The number of Topliss-reactive ketones (excluding diaryl/α,β-unsaturated/α-hetero) is 1. The van der Waals surface area contributed by atoms with Gasteiger partial charge in [-0.25, -0.2) is 0 Å². The van der Waals surface area contributed by atoms with Crippen LogP contribution < -0.4 is 9.47 Å². The molecule has 0 fully saturated rings. The molecule has 0 aromatic heterocycles. The second-order valence-corrected chi connectivity index (χ2v) is 6.54. The molecule has 136 valence electrons. The van der Waals surface area contributed by atoms with Crippen molar-refractivity contribution in [1.82, 2.24) is 0 Å². The third-order valence-corrected chi connectivity index (χ3v) is 5.30. The number of ketones is 1. The predicted molar refractivity (Wildman–Crippen MR) is 104 cm³/mol. The van der Waals surface area contributed by atoms with E-state index < -0.39 is 0 Å². The van der Waals surface area contributed by atoms with Gasteiger partial charge in [0.25, 0.3) is 0 Å². The zero-order valence-corrected chi connectivity index (χ0v) is 15.8. The summed E-state index contributed by atoms with van der Waals surface area (Å²) < 4.78 is 10.5. The largest absolute Gasteiger partial charge is 0.497 e. The number of hydrogen-bond donors (Lipinski definition) is 0. The monoisotopic (exact) mass is 351 g/mol. The van der Waals surface area contributed by atoms with Gasteiger partial charge in [0.1, 0.15) is 11.5 Å². The number of carbonyl (C=O) groups excluding carboxylic acids is 1. The predicted octanol–water partition coefficient (Wildman–Crippen LogP) is 4.79. The highest BCUT2D eigenvalue weighted by atomic mass is 16.5. The Kier molecular flexibility index (Phi) is 5.12. The minimum atomic E-state index is -0.239. The molecule has 0 unspecified atom stereocenters. The lowest BCUT2D eigenvalue weighted by molar-refractivity contribution is 0.100. The summed E-state index contributed by atoms with van der Waals surface area (Å²) >= 11 is 0. The van der Waals surface area contributed by atoms with Crippen molar-refractivity contribution in [3.63, 3.8) is 0 Å². The number of methoxy groups -OCH3 is 2. The summed E-state index contributed by atoms with van der Waals surface area (Å²) in [5.41, 5.74) is 3.51. The summed E-state index contributed by atoms with van der Waals surface area (Å²) in [6.45, 7) is 4.30. The Bertz CT molecular complexity index is 833. The lowest BCUT2D eigenvalue weighted by atomic mass is 9.84. The van der Waals surface area contributed by atoms with Crippen LogP contribution in [0.3, 0.4) is 0 Å². The number of benzene rings is 2. The fraction of sp³-hybridized carbons (Fsp3) is 0.364. The molecule has 0 saturated carbocycles. The van der Waals surface area contributed by atoms with Crippen LogP contribution in [0.4, 0.5) is 0 Å². The summed E-state index contributed by atoms with van der Waals surface area (Å²) in [7, 11) is 3.27. The van der Waals surface area contributed by atoms with Crippen LogP contribution in [-0.4, -0.2) is 25.7 Å². The van der Waals surface area contributed by atoms with Gasteiger partial charge in [-0.05, 0) is 54.8 Å². The second kappa shape index (κ2) is 7.32. The number of ether oxygens (including phenoxy) is 2. The van der Waals surface area contributed by atoms with Crippen molar-refractivity contribution >= 4 is 11.5 Å². The molecule has 2 aromatic carbocycles. The third-order valence-electron chi connectivity index (χ3n) is 5.30. The number of nitrogens with zero attached hydrogens (tertiary/aromatic N) is 1. The second-order valence-electron chi connectivity index (χ2n) is 6.54. The molecule has 0 spiro atoms. The first kappa shape index (κ1) is 18.2. The van der Waals surface area contributed by atoms with Crippen molar-refractivity contribution in [1.29, 1.82) is 0 Å². The number of aliphatic imine (C=N–C) groups is 1. The number of carbonyl (C=O) groups is 1. The van der Waals surface area contributed by atoms with E-state index in [1.165, 1.54) is 5.56 Å². The van der Waals surface area contributed by atoms with Crippen molar-refractivity contribution < 1.29 is 14.3 Å². The lowest BCUT2D eigenvalue weighted by Crippen LogP contribution is -2.19. The Morgan fingerprint density at radius 3 is 2.15 bits per heavy atom. The van der Waals surface area contributed by atoms with Gasteiger partial charge in [-0.2, -0.15) is 0 Å². The average molecular weight is 351 g/mol. The van der Waals surface area contributed by atoms with Crippen molar-refractivity contribution in [2.24, 2.45) is 4.99 Å². The molecule has 0 bridgehead atoms. The van der Waals surface area contributed by atoms with E-state index >= 15 is 0 Å². The Balaban J connectivity index is 1.95. The fourth-order valence-corrected chi connectivity index (χ4v) is 3.63. The van der Waals surface area contributed by atoms with Crippen molar-refractivity contribution in [3.05, 3.63) is 59.2 Å². The van der Waals surface area contributed by atoms with Crippen LogP contribution in [0.15, 0.2) is 47.5 Å². The van der Waals surface area contributed by atoms with E-state index in [1.807, 2.05) is 24.3 Å². The smallest absolute Gasteiger partial charge is 0.168 e. The maximum absolute atomic E-state index is 12.8. The van der Waals surface area contributed by atoms with Gasteiger partial charge in [-0.1, -0.05) is 19.9 Å². The molecule has 0 saturated heterocycles. The van der Waals surface area contributed by atoms with E-state index in [2.05, 4.69) is 19.9 Å².